The Balaban J connectivity index is 2.67. The lowest BCUT2D eigenvalue weighted by Gasteiger charge is -2.02. The maximum atomic E-state index is 11.6. The molecule has 0 aliphatic heterocycles. The minimum atomic E-state index is -1.47. The van der Waals surface area contributed by atoms with Crippen LogP contribution in [0.3, 0.4) is 0 Å². The number of rotatable bonds is 5. The number of unbranched alkanes of at least 4 members (excludes halogenated alkanes) is 1. The number of carbonyl (C=O) groups excluding carboxylic acids is 1. The Labute approximate surface area is 89.9 Å². The number of Topliss-reactive ketones (excluding diaryl/α,β-unsaturated/α-hetero) is 1. The molecule has 0 amide bonds. The van der Waals surface area contributed by atoms with Gasteiger partial charge in [0.2, 0.25) is 0 Å². The van der Waals surface area contributed by atoms with Gasteiger partial charge in [0.25, 0.3) is 0 Å². The van der Waals surface area contributed by atoms with Crippen molar-refractivity contribution in [1.82, 2.24) is 0 Å². The first kappa shape index (κ1) is 11.9. The summed E-state index contributed by atoms with van der Waals surface area (Å²) in [7, 11) is -1.47. The van der Waals surface area contributed by atoms with Crippen LogP contribution in [0.15, 0.2) is 24.3 Å². The Morgan fingerprint density at radius 3 is 2.33 bits per heavy atom. The first-order chi connectivity index (χ1) is 7.15. The average Bonchev–Trinajstić information content (AvgIpc) is 2.26. The van der Waals surface area contributed by atoms with Gasteiger partial charge in [-0.1, -0.05) is 37.6 Å². The topological polar surface area (TPSA) is 57.5 Å². The zero-order valence-electron chi connectivity index (χ0n) is 8.81. The van der Waals surface area contributed by atoms with E-state index in [1.54, 1.807) is 24.3 Å². The van der Waals surface area contributed by atoms with Gasteiger partial charge in [0.1, 0.15) is 0 Å². The van der Waals surface area contributed by atoms with Gasteiger partial charge in [-0.15, -0.1) is 0 Å². The molecule has 0 spiro atoms. The van der Waals surface area contributed by atoms with E-state index in [4.69, 9.17) is 10.0 Å². The fourth-order valence-electron chi connectivity index (χ4n) is 1.32. The molecule has 0 aliphatic carbocycles. The van der Waals surface area contributed by atoms with E-state index in [0.717, 1.165) is 12.8 Å². The third kappa shape index (κ3) is 3.49. The molecule has 0 atom stereocenters. The third-order valence-corrected chi connectivity index (χ3v) is 2.29. The molecule has 3 nitrogen and oxygen atoms in total. The van der Waals surface area contributed by atoms with Crippen molar-refractivity contribution < 1.29 is 14.8 Å². The number of carbonyl (C=O) groups is 1. The largest absolute Gasteiger partial charge is 0.488 e. The summed E-state index contributed by atoms with van der Waals surface area (Å²) in [5, 5.41) is 17.7. The summed E-state index contributed by atoms with van der Waals surface area (Å²) in [6, 6.07) is 6.38. The van der Waals surface area contributed by atoms with Gasteiger partial charge in [-0.2, -0.15) is 0 Å². The molecule has 0 fully saturated rings. The molecule has 0 saturated carbocycles. The number of ketones is 1. The summed E-state index contributed by atoms with van der Waals surface area (Å²) in [4.78, 5) is 11.6. The lowest BCUT2D eigenvalue weighted by atomic mass is 9.80. The summed E-state index contributed by atoms with van der Waals surface area (Å²) in [6.45, 7) is 2.04. The minimum Gasteiger partial charge on any atom is -0.423 e. The molecule has 0 aliphatic rings. The van der Waals surface area contributed by atoms with Crippen LogP contribution >= 0.6 is 0 Å². The highest BCUT2D eigenvalue weighted by Gasteiger charge is 2.11. The monoisotopic (exact) mass is 206 g/mol. The second kappa shape index (κ2) is 5.68. The van der Waals surface area contributed by atoms with Crippen LogP contribution in [-0.4, -0.2) is 22.9 Å². The van der Waals surface area contributed by atoms with Crippen molar-refractivity contribution in [2.75, 3.05) is 0 Å². The van der Waals surface area contributed by atoms with Crippen LogP contribution in [0.5, 0.6) is 0 Å². The van der Waals surface area contributed by atoms with Crippen molar-refractivity contribution in [3.63, 3.8) is 0 Å². The second-order valence-corrected chi connectivity index (χ2v) is 3.52. The maximum Gasteiger partial charge on any atom is 0.488 e. The van der Waals surface area contributed by atoms with Gasteiger partial charge in [-0.05, 0) is 11.9 Å². The summed E-state index contributed by atoms with van der Waals surface area (Å²) in [5.41, 5.74) is 1.04. The predicted molar refractivity (Wildman–Crippen MR) is 60.1 cm³/mol. The molecule has 4 heteroatoms. The Morgan fingerprint density at radius 2 is 1.87 bits per heavy atom. The van der Waals surface area contributed by atoms with Gasteiger partial charge in [0.05, 0.1) is 0 Å². The molecule has 1 rings (SSSR count). The van der Waals surface area contributed by atoms with Crippen molar-refractivity contribution in [3.05, 3.63) is 29.8 Å². The van der Waals surface area contributed by atoms with E-state index in [0.29, 0.717) is 17.4 Å². The second-order valence-electron chi connectivity index (χ2n) is 3.52. The van der Waals surface area contributed by atoms with Crippen LogP contribution in [-0.2, 0) is 0 Å². The van der Waals surface area contributed by atoms with Gasteiger partial charge < -0.3 is 10.0 Å². The summed E-state index contributed by atoms with van der Waals surface area (Å²) in [6.07, 6.45) is 2.44. The lowest BCUT2D eigenvalue weighted by Crippen LogP contribution is -2.29. The van der Waals surface area contributed by atoms with Crippen LogP contribution < -0.4 is 5.46 Å². The van der Waals surface area contributed by atoms with Gasteiger partial charge in [0, 0.05) is 12.0 Å². The van der Waals surface area contributed by atoms with E-state index in [1.807, 2.05) is 6.92 Å². The van der Waals surface area contributed by atoms with Crippen LogP contribution in [0.1, 0.15) is 36.5 Å². The van der Waals surface area contributed by atoms with E-state index in [1.165, 1.54) is 0 Å². The predicted octanol–water partition coefficient (Wildman–Crippen LogP) is 0.739. The average molecular weight is 206 g/mol. The molecule has 15 heavy (non-hydrogen) atoms. The van der Waals surface area contributed by atoms with Crippen molar-refractivity contribution in [1.29, 1.82) is 0 Å². The van der Waals surface area contributed by atoms with Crippen molar-refractivity contribution in [2.24, 2.45) is 0 Å². The van der Waals surface area contributed by atoms with E-state index in [2.05, 4.69) is 0 Å². The molecule has 1 aromatic rings. The molecule has 0 heterocycles. The van der Waals surface area contributed by atoms with Crippen molar-refractivity contribution in [3.8, 4) is 0 Å². The molecule has 0 radical (unpaired) electrons. The normalized spacial score (nSPS) is 10.1. The zero-order valence-corrected chi connectivity index (χ0v) is 8.81. The van der Waals surface area contributed by atoms with Gasteiger partial charge in [0.15, 0.2) is 5.78 Å². The van der Waals surface area contributed by atoms with Crippen LogP contribution in [0.2, 0.25) is 0 Å². The van der Waals surface area contributed by atoms with E-state index >= 15 is 0 Å². The quantitative estimate of drug-likeness (QED) is 0.551. The minimum absolute atomic E-state index is 0.107. The highest BCUT2D eigenvalue weighted by Crippen LogP contribution is 2.05. The van der Waals surface area contributed by atoms with Gasteiger partial charge in [-0.25, -0.2) is 0 Å². The van der Waals surface area contributed by atoms with Crippen LogP contribution in [0.4, 0.5) is 0 Å². The molecule has 0 bridgehead atoms. The number of hydrogen-bond acceptors (Lipinski definition) is 3. The highest BCUT2D eigenvalue weighted by atomic mass is 16.4. The Morgan fingerprint density at radius 1 is 1.27 bits per heavy atom. The summed E-state index contributed by atoms with van der Waals surface area (Å²) < 4.78 is 0. The molecular weight excluding hydrogens is 191 g/mol. The third-order valence-electron chi connectivity index (χ3n) is 2.29. The smallest absolute Gasteiger partial charge is 0.423 e. The zero-order chi connectivity index (χ0) is 11.3. The standard InChI is InChI=1S/C11H15BO3/c1-2-3-4-11(13)9-5-7-10(8-6-9)12(14)15/h5-8,14-15H,2-4H2,1H3. The fourth-order valence-corrected chi connectivity index (χ4v) is 1.32. The summed E-state index contributed by atoms with van der Waals surface area (Å²) in [5.74, 6) is 0.107. The molecular formula is C11H15BO3. The highest BCUT2D eigenvalue weighted by molar-refractivity contribution is 6.58. The first-order valence-corrected chi connectivity index (χ1v) is 5.14. The van der Waals surface area contributed by atoms with Crippen molar-refractivity contribution >= 4 is 18.4 Å². The Hall–Kier alpha value is -1.13. The molecule has 1 aromatic carbocycles. The lowest BCUT2D eigenvalue weighted by molar-refractivity contribution is 0.0980. The van der Waals surface area contributed by atoms with Gasteiger partial charge in [-0.3, -0.25) is 4.79 Å². The number of benzene rings is 1. The van der Waals surface area contributed by atoms with Crippen molar-refractivity contribution in [2.45, 2.75) is 26.2 Å². The molecule has 2 N–H and O–H groups in total. The van der Waals surface area contributed by atoms with Gasteiger partial charge >= 0.3 is 7.12 Å². The molecule has 0 aromatic heterocycles. The Kier molecular flexibility index (Phi) is 4.53. The van der Waals surface area contributed by atoms with Crippen LogP contribution in [0, 0.1) is 0 Å². The maximum absolute atomic E-state index is 11.6. The van der Waals surface area contributed by atoms with E-state index in [-0.39, 0.29) is 5.78 Å². The molecule has 0 unspecified atom stereocenters. The van der Waals surface area contributed by atoms with E-state index < -0.39 is 7.12 Å². The van der Waals surface area contributed by atoms with E-state index in [9.17, 15) is 4.79 Å². The first-order valence-electron chi connectivity index (χ1n) is 5.14. The summed E-state index contributed by atoms with van der Waals surface area (Å²) >= 11 is 0. The molecule has 0 saturated heterocycles. The molecule has 80 valence electrons. The fraction of sp³-hybridized carbons (Fsp3) is 0.364. The van der Waals surface area contributed by atoms with Crippen LogP contribution in [0.25, 0.3) is 0 Å². The number of hydrogen-bond donors (Lipinski definition) is 2. The SMILES string of the molecule is CCCCC(=O)c1ccc(B(O)O)cc1. The Bertz CT molecular complexity index is 319.